The maximum atomic E-state index is 10.4. The molecule has 4 N–H and O–H groups in total. The van der Waals surface area contributed by atoms with Crippen LogP contribution < -0.4 is 0 Å². The standard InChI is InChI=1S/C8H6O4.C4H10O2/c9-7(10)5-2-1-3-6(4-5)8(11)12;1-3(5)4(2)6/h1-4H,(H,9,10)(H,11,12);3-6H,1-2H3. The van der Waals surface area contributed by atoms with Crippen LogP contribution in [0.3, 0.4) is 0 Å². The molecular formula is C12H16O6. The highest BCUT2D eigenvalue weighted by molar-refractivity contribution is 5.93. The second-order valence-electron chi connectivity index (χ2n) is 3.67. The van der Waals surface area contributed by atoms with Crippen molar-refractivity contribution in [2.75, 3.05) is 0 Å². The van der Waals surface area contributed by atoms with Crippen LogP contribution in [0.5, 0.6) is 0 Å². The van der Waals surface area contributed by atoms with Crippen molar-refractivity contribution in [3.63, 3.8) is 0 Å². The monoisotopic (exact) mass is 256 g/mol. The number of hydrogen-bond acceptors (Lipinski definition) is 4. The molecule has 0 aliphatic rings. The molecule has 0 aromatic heterocycles. The van der Waals surface area contributed by atoms with Gasteiger partial charge in [0.15, 0.2) is 0 Å². The number of carboxylic acid groups (broad SMARTS) is 2. The molecule has 1 aromatic carbocycles. The topological polar surface area (TPSA) is 115 Å². The van der Waals surface area contributed by atoms with E-state index in [4.69, 9.17) is 20.4 Å². The highest BCUT2D eigenvalue weighted by atomic mass is 16.4. The molecule has 1 rings (SSSR count). The number of benzene rings is 1. The lowest BCUT2D eigenvalue weighted by Gasteiger charge is -2.03. The van der Waals surface area contributed by atoms with Gasteiger partial charge in [-0.15, -0.1) is 0 Å². The average molecular weight is 256 g/mol. The van der Waals surface area contributed by atoms with Crippen LogP contribution in [0, 0.1) is 0 Å². The lowest BCUT2D eigenvalue weighted by atomic mass is 10.1. The lowest BCUT2D eigenvalue weighted by Crippen LogP contribution is -2.17. The zero-order chi connectivity index (χ0) is 14.3. The molecule has 1 aromatic rings. The SMILES string of the molecule is CC(O)C(C)O.O=C(O)c1cccc(C(=O)O)c1. The van der Waals surface area contributed by atoms with Gasteiger partial charge < -0.3 is 20.4 Å². The number of aromatic carboxylic acids is 2. The van der Waals surface area contributed by atoms with Gasteiger partial charge >= 0.3 is 11.9 Å². The Morgan fingerprint density at radius 3 is 1.50 bits per heavy atom. The van der Waals surface area contributed by atoms with Crippen molar-refractivity contribution in [1.29, 1.82) is 0 Å². The molecule has 0 heterocycles. The largest absolute Gasteiger partial charge is 0.478 e. The molecule has 6 heteroatoms. The van der Waals surface area contributed by atoms with Gasteiger partial charge in [0.1, 0.15) is 0 Å². The molecule has 0 saturated carbocycles. The first-order valence-corrected chi connectivity index (χ1v) is 5.18. The fourth-order valence-corrected chi connectivity index (χ4v) is 0.785. The Balaban J connectivity index is 0.000000411. The zero-order valence-electron chi connectivity index (χ0n) is 10.1. The normalized spacial score (nSPS) is 12.9. The van der Waals surface area contributed by atoms with E-state index in [1.165, 1.54) is 18.2 Å². The molecule has 6 nitrogen and oxygen atoms in total. The van der Waals surface area contributed by atoms with Crippen molar-refractivity contribution in [3.8, 4) is 0 Å². The van der Waals surface area contributed by atoms with E-state index >= 15 is 0 Å². The van der Waals surface area contributed by atoms with Gasteiger partial charge in [0.25, 0.3) is 0 Å². The minimum atomic E-state index is -1.13. The lowest BCUT2D eigenvalue weighted by molar-refractivity contribution is 0.0438. The number of carbonyl (C=O) groups is 2. The molecule has 0 amide bonds. The van der Waals surface area contributed by atoms with E-state index in [-0.39, 0.29) is 11.1 Å². The molecule has 0 aliphatic carbocycles. The quantitative estimate of drug-likeness (QED) is 0.636. The van der Waals surface area contributed by atoms with Crippen molar-refractivity contribution < 1.29 is 30.0 Å². The van der Waals surface area contributed by atoms with Gasteiger partial charge in [-0.25, -0.2) is 9.59 Å². The minimum Gasteiger partial charge on any atom is -0.478 e. The van der Waals surface area contributed by atoms with Crippen LogP contribution in [0.2, 0.25) is 0 Å². The third-order valence-corrected chi connectivity index (χ3v) is 2.05. The number of carboxylic acids is 2. The molecule has 2 atom stereocenters. The Hall–Kier alpha value is -1.92. The summed E-state index contributed by atoms with van der Waals surface area (Å²) in [5.74, 6) is -2.25. The maximum absolute atomic E-state index is 10.4. The van der Waals surface area contributed by atoms with Gasteiger partial charge in [-0.3, -0.25) is 0 Å². The van der Waals surface area contributed by atoms with Gasteiger partial charge in [0.2, 0.25) is 0 Å². The summed E-state index contributed by atoms with van der Waals surface area (Å²) in [6.07, 6.45) is -1.19. The van der Waals surface area contributed by atoms with Crippen molar-refractivity contribution in [2.45, 2.75) is 26.1 Å². The van der Waals surface area contributed by atoms with Crippen LogP contribution in [-0.4, -0.2) is 44.6 Å². The van der Waals surface area contributed by atoms with Crippen LogP contribution in [0.1, 0.15) is 34.6 Å². The van der Waals surface area contributed by atoms with Crippen molar-refractivity contribution in [1.82, 2.24) is 0 Å². The summed E-state index contributed by atoms with van der Waals surface area (Å²) in [4.78, 5) is 20.8. The van der Waals surface area contributed by atoms with Gasteiger partial charge in [0.05, 0.1) is 23.3 Å². The zero-order valence-corrected chi connectivity index (χ0v) is 10.1. The molecule has 0 aliphatic heterocycles. The van der Waals surface area contributed by atoms with E-state index < -0.39 is 24.1 Å². The van der Waals surface area contributed by atoms with Gasteiger partial charge in [-0.05, 0) is 32.0 Å². The van der Waals surface area contributed by atoms with Crippen molar-refractivity contribution >= 4 is 11.9 Å². The third kappa shape index (κ3) is 5.97. The minimum absolute atomic E-state index is 0.0186. The Morgan fingerprint density at radius 1 is 0.944 bits per heavy atom. The van der Waals surface area contributed by atoms with E-state index in [0.717, 1.165) is 6.07 Å². The van der Waals surface area contributed by atoms with Gasteiger partial charge in [-0.2, -0.15) is 0 Å². The summed E-state index contributed by atoms with van der Waals surface area (Å²) >= 11 is 0. The Bertz CT molecular complexity index is 376. The Morgan fingerprint density at radius 2 is 1.28 bits per heavy atom. The van der Waals surface area contributed by atoms with E-state index in [0.29, 0.717) is 0 Å². The molecule has 18 heavy (non-hydrogen) atoms. The van der Waals surface area contributed by atoms with Gasteiger partial charge in [0, 0.05) is 0 Å². The molecule has 0 bridgehead atoms. The maximum Gasteiger partial charge on any atom is 0.335 e. The highest BCUT2D eigenvalue weighted by Gasteiger charge is 2.06. The fraction of sp³-hybridized carbons (Fsp3) is 0.333. The van der Waals surface area contributed by atoms with Crippen molar-refractivity contribution in [3.05, 3.63) is 35.4 Å². The molecule has 0 spiro atoms. The van der Waals surface area contributed by atoms with Crippen LogP contribution >= 0.6 is 0 Å². The second kappa shape index (κ2) is 7.41. The first-order chi connectivity index (χ1) is 8.25. The number of hydrogen-bond donors (Lipinski definition) is 4. The Labute approximate surface area is 104 Å². The summed E-state index contributed by atoms with van der Waals surface area (Å²) in [7, 11) is 0. The average Bonchev–Trinajstić information content (AvgIpc) is 2.29. The predicted octanol–water partition coefficient (Wildman–Crippen LogP) is 0.831. The van der Waals surface area contributed by atoms with Crippen LogP contribution in [0.4, 0.5) is 0 Å². The molecular weight excluding hydrogens is 240 g/mol. The van der Waals surface area contributed by atoms with E-state index in [2.05, 4.69) is 0 Å². The first kappa shape index (κ1) is 16.1. The number of rotatable bonds is 3. The summed E-state index contributed by atoms with van der Waals surface area (Å²) in [6.45, 7) is 3.09. The molecule has 0 radical (unpaired) electrons. The molecule has 0 fully saturated rings. The summed E-state index contributed by atoms with van der Waals surface area (Å²) in [6, 6.07) is 5.20. The predicted molar refractivity (Wildman–Crippen MR) is 63.7 cm³/mol. The van der Waals surface area contributed by atoms with E-state index in [9.17, 15) is 9.59 Å². The van der Waals surface area contributed by atoms with Crippen LogP contribution in [-0.2, 0) is 0 Å². The van der Waals surface area contributed by atoms with Crippen molar-refractivity contribution in [2.24, 2.45) is 0 Å². The first-order valence-electron chi connectivity index (χ1n) is 5.18. The molecule has 100 valence electrons. The summed E-state index contributed by atoms with van der Waals surface area (Å²) < 4.78 is 0. The Kier molecular flexibility index (Phi) is 6.62. The van der Waals surface area contributed by atoms with E-state index in [1.807, 2.05) is 0 Å². The molecule has 0 saturated heterocycles. The summed E-state index contributed by atoms with van der Waals surface area (Å²) in [5.41, 5.74) is -0.0372. The van der Waals surface area contributed by atoms with Gasteiger partial charge in [-0.1, -0.05) is 6.07 Å². The second-order valence-corrected chi connectivity index (χ2v) is 3.67. The van der Waals surface area contributed by atoms with Crippen LogP contribution in [0.15, 0.2) is 24.3 Å². The van der Waals surface area contributed by atoms with Crippen LogP contribution in [0.25, 0.3) is 0 Å². The number of aliphatic hydroxyl groups is 2. The summed E-state index contributed by atoms with van der Waals surface area (Å²) in [5, 5.41) is 33.8. The number of aliphatic hydroxyl groups excluding tert-OH is 2. The molecule has 2 unspecified atom stereocenters. The van der Waals surface area contributed by atoms with E-state index in [1.54, 1.807) is 13.8 Å². The fourth-order valence-electron chi connectivity index (χ4n) is 0.785. The highest BCUT2D eigenvalue weighted by Crippen LogP contribution is 2.04. The third-order valence-electron chi connectivity index (χ3n) is 2.05. The smallest absolute Gasteiger partial charge is 0.335 e.